The molecule has 2 nitrogen and oxygen atoms in total. The molecule has 2 heteroatoms. The quantitative estimate of drug-likeness (QED) is 0.777. The van der Waals surface area contributed by atoms with Gasteiger partial charge < -0.3 is 9.80 Å². The van der Waals surface area contributed by atoms with Gasteiger partial charge in [0.25, 0.3) is 0 Å². The minimum atomic E-state index is 0.846. The molecule has 4 rings (SSSR count). The number of nitrogens with zero attached hydrogens (tertiary/aromatic N) is 2. The Morgan fingerprint density at radius 1 is 1.00 bits per heavy atom. The van der Waals surface area contributed by atoms with Crippen LogP contribution in [-0.2, 0) is 0 Å². The van der Waals surface area contributed by atoms with Crippen LogP contribution in [0.1, 0.15) is 58.3 Å². The van der Waals surface area contributed by atoms with E-state index < -0.39 is 0 Å². The summed E-state index contributed by atoms with van der Waals surface area (Å²) in [6.45, 7) is 9.43. The summed E-state index contributed by atoms with van der Waals surface area (Å²) in [6.07, 6.45) is 12.0. The highest BCUT2D eigenvalue weighted by Gasteiger charge is 2.57. The Balaban J connectivity index is 1.22. The Morgan fingerprint density at radius 3 is 2.25 bits per heavy atom. The van der Waals surface area contributed by atoms with E-state index in [-0.39, 0.29) is 0 Å². The van der Waals surface area contributed by atoms with E-state index in [1.54, 1.807) is 19.3 Å². The Kier molecular flexibility index (Phi) is 3.58. The summed E-state index contributed by atoms with van der Waals surface area (Å²) >= 11 is 0. The Bertz CT molecular complexity index is 335. The summed E-state index contributed by atoms with van der Waals surface area (Å²) in [4.78, 5) is 5.55. The zero-order valence-corrected chi connectivity index (χ0v) is 13.3. The second-order valence-corrected chi connectivity index (χ2v) is 8.24. The van der Waals surface area contributed by atoms with Gasteiger partial charge >= 0.3 is 0 Å². The van der Waals surface area contributed by atoms with Gasteiger partial charge in [-0.1, -0.05) is 6.42 Å². The minimum absolute atomic E-state index is 0.846. The maximum Gasteiger partial charge on any atom is 0.00961 e. The average molecular weight is 276 g/mol. The van der Waals surface area contributed by atoms with E-state index in [4.69, 9.17) is 0 Å². The van der Waals surface area contributed by atoms with Gasteiger partial charge in [0.2, 0.25) is 0 Å². The van der Waals surface area contributed by atoms with Crippen molar-refractivity contribution in [1.29, 1.82) is 0 Å². The molecule has 2 saturated carbocycles. The van der Waals surface area contributed by atoms with Gasteiger partial charge in [0.1, 0.15) is 0 Å². The molecule has 0 aromatic rings. The molecule has 2 heterocycles. The Morgan fingerprint density at radius 2 is 1.70 bits per heavy atom. The molecule has 0 unspecified atom stereocenters. The molecule has 0 N–H and O–H groups in total. The van der Waals surface area contributed by atoms with Gasteiger partial charge in [-0.25, -0.2) is 0 Å². The van der Waals surface area contributed by atoms with Gasteiger partial charge in [0.05, 0.1) is 0 Å². The summed E-state index contributed by atoms with van der Waals surface area (Å²) in [5, 5.41) is 0. The topological polar surface area (TPSA) is 6.48 Å². The van der Waals surface area contributed by atoms with Gasteiger partial charge in [-0.3, -0.25) is 0 Å². The molecule has 4 aliphatic rings. The average Bonchev–Trinajstić information content (AvgIpc) is 2.92. The van der Waals surface area contributed by atoms with Crippen molar-refractivity contribution in [2.75, 3.05) is 32.7 Å². The molecule has 2 aliphatic carbocycles. The fraction of sp³-hybridized carbons (Fsp3) is 1.00. The first-order valence-electron chi connectivity index (χ1n) is 9.23. The molecule has 2 aliphatic heterocycles. The summed E-state index contributed by atoms with van der Waals surface area (Å²) in [5.74, 6) is 2.06. The van der Waals surface area contributed by atoms with Gasteiger partial charge in [-0.2, -0.15) is 0 Å². The highest BCUT2D eigenvalue weighted by atomic mass is 15.2. The second-order valence-electron chi connectivity index (χ2n) is 8.24. The van der Waals surface area contributed by atoms with Crippen LogP contribution in [0, 0.1) is 17.3 Å². The van der Waals surface area contributed by atoms with E-state index in [1.807, 2.05) is 0 Å². The van der Waals surface area contributed by atoms with Gasteiger partial charge in [-0.15, -0.1) is 0 Å². The molecule has 0 aromatic heterocycles. The van der Waals surface area contributed by atoms with E-state index in [0.717, 1.165) is 23.3 Å². The van der Waals surface area contributed by atoms with Crippen LogP contribution in [0.25, 0.3) is 0 Å². The predicted octanol–water partition coefficient (Wildman–Crippen LogP) is 3.37. The molecule has 0 radical (unpaired) electrons. The molecule has 0 bridgehead atoms. The molecular weight excluding hydrogens is 244 g/mol. The molecule has 2 atom stereocenters. The van der Waals surface area contributed by atoms with Crippen LogP contribution in [0.15, 0.2) is 0 Å². The molecule has 2 saturated heterocycles. The molecule has 4 fully saturated rings. The van der Waals surface area contributed by atoms with Crippen LogP contribution < -0.4 is 0 Å². The lowest BCUT2D eigenvalue weighted by Crippen LogP contribution is -2.43. The van der Waals surface area contributed by atoms with Crippen molar-refractivity contribution in [3.8, 4) is 0 Å². The zero-order valence-electron chi connectivity index (χ0n) is 13.3. The lowest BCUT2D eigenvalue weighted by Gasteiger charge is -2.39. The third kappa shape index (κ3) is 2.43. The number of rotatable bonds is 4. The van der Waals surface area contributed by atoms with Gasteiger partial charge in [0, 0.05) is 12.6 Å². The van der Waals surface area contributed by atoms with E-state index in [0.29, 0.717) is 0 Å². The van der Waals surface area contributed by atoms with E-state index in [9.17, 15) is 0 Å². The maximum atomic E-state index is 2.80. The monoisotopic (exact) mass is 276 g/mol. The van der Waals surface area contributed by atoms with Crippen molar-refractivity contribution in [3.05, 3.63) is 0 Å². The first-order chi connectivity index (χ1) is 9.77. The van der Waals surface area contributed by atoms with Crippen LogP contribution in [0.4, 0.5) is 0 Å². The highest BCUT2D eigenvalue weighted by molar-refractivity contribution is 5.08. The fourth-order valence-electron chi connectivity index (χ4n) is 5.31. The first kappa shape index (κ1) is 13.6. The smallest absolute Gasteiger partial charge is 0.00961 e. The number of likely N-dealkylation sites (tertiary alicyclic amines) is 2. The van der Waals surface area contributed by atoms with E-state index >= 15 is 0 Å². The van der Waals surface area contributed by atoms with Crippen LogP contribution in [0.3, 0.4) is 0 Å². The summed E-state index contributed by atoms with van der Waals surface area (Å²) in [6, 6.07) is 0.846. The third-order valence-electron chi connectivity index (χ3n) is 7.22. The van der Waals surface area contributed by atoms with Crippen molar-refractivity contribution in [2.45, 2.75) is 64.3 Å². The highest BCUT2D eigenvalue weighted by Crippen LogP contribution is 2.65. The van der Waals surface area contributed by atoms with Crippen molar-refractivity contribution >= 4 is 0 Å². The number of piperidine rings is 1. The van der Waals surface area contributed by atoms with E-state index in [1.165, 1.54) is 64.8 Å². The van der Waals surface area contributed by atoms with Crippen LogP contribution in [0.2, 0.25) is 0 Å². The first-order valence-corrected chi connectivity index (χ1v) is 9.23. The molecule has 1 spiro atoms. The van der Waals surface area contributed by atoms with Crippen molar-refractivity contribution in [3.63, 3.8) is 0 Å². The van der Waals surface area contributed by atoms with Crippen LogP contribution in [-0.4, -0.2) is 48.6 Å². The van der Waals surface area contributed by atoms with Gasteiger partial charge in [-0.05, 0) is 95.3 Å². The van der Waals surface area contributed by atoms with E-state index in [2.05, 4.69) is 16.7 Å². The summed E-state index contributed by atoms with van der Waals surface area (Å²) in [7, 11) is 0. The number of hydrogen-bond donors (Lipinski definition) is 0. The number of hydrogen-bond acceptors (Lipinski definition) is 2. The largest absolute Gasteiger partial charge is 0.303 e. The molecule has 0 aromatic carbocycles. The second kappa shape index (κ2) is 5.28. The fourth-order valence-corrected chi connectivity index (χ4v) is 5.31. The Labute approximate surface area is 124 Å². The Hall–Kier alpha value is -0.0800. The minimum Gasteiger partial charge on any atom is -0.303 e. The predicted molar refractivity (Wildman–Crippen MR) is 83.8 cm³/mol. The molecular formula is C18H32N2. The summed E-state index contributed by atoms with van der Waals surface area (Å²) < 4.78 is 0. The van der Waals surface area contributed by atoms with Crippen LogP contribution >= 0.6 is 0 Å². The summed E-state index contributed by atoms with van der Waals surface area (Å²) in [5.41, 5.74) is 0.875. The van der Waals surface area contributed by atoms with Crippen molar-refractivity contribution in [1.82, 2.24) is 9.80 Å². The lowest BCUT2D eigenvalue weighted by atomic mass is 9.79. The SMILES string of the molecule is C[C@H](C1CCN(C[C@@H]2CC23CCC3)CC1)N1CCCC1. The molecule has 114 valence electrons. The zero-order chi connectivity index (χ0) is 13.6. The van der Waals surface area contributed by atoms with Crippen LogP contribution in [0.5, 0.6) is 0 Å². The standard InChI is InChI=1S/C18H32N2/c1-15(20-9-2-3-10-20)16-5-11-19(12-6-16)14-17-13-18(17)7-4-8-18/h15-17H,2-14H2,1H3/t15-,17+/m1/s1. The van der Waals surface area contributed by atoms with Gasteiger partial charge in [0.15, 0.2) is 0 Å². The lowest BCUT2D eigenvalue weighted by molar-refractivity contribution is 0.102. The third-order valence-corrected chi connectivity index (χ3v) is 7.22. The van der Waals surface area contributed by atoms with Crippen molar-refractivity contribution in [2.24, 2.45) is 17.3 Å². The maximum absolute atomic E-state index is 2.80. The van der Waals surface area contributed by atoms with Crippen molar-refractivity contribution < 1.29 is 0 Å². The normalized spacial score (nSPS) is 36.1. The molecule has 0 amide bonds. The molecule has 20 heavy (non-hydrogen) atoms.